The summed E-state index contributed by atoms with van der Waals surface area (Å²) in [5.74, 6) is -0.351. The lowest BCUT2D eigenvalue weighted by atomic mass is 10.0. The van der Waals surface area contributed by atoms with Gasteiger partial charge in [-0.3, -0.25) is 9.36 Å². The topological polar surface area (TPSA) is 94.1 Å². The van der Waals surface area contributed by atoms with Gasteiger partial charge in [-0.1, -0.05) is 200 Å². The molecular weight excluding hydrogens is 709 g/mol. The first-order chi connectivity index (χ1) is 26.6. The Morgan fingerprint density at radius 1 is 0.564 bits per heavy atom. The number of esters is 1. The molecule has 0 aliphatic rings. The lowest BCUT2D eigenvalue weighted by Gasteiger charge is -2.28. The van der Waals surface area contributed by atoms with Gasteiger partial charge in [0.25, 0.3) is 7.82 Å². The maximum Gasteiger partial charge on any atom is 0.306 e. The molecule has 2 atom stereocenters. The van der Waals surface area contributed by atoms with E-state index in [-0.39, 0.29) is 25.8 Å². The number of nitrogens with zero attached hydrogens (tertiary/aromatic N) is 1. The first-order valence-corrected chi connectivity index (χ1v) is 24.9. The number of carbonyl (C=O) groups excluding carboxylic acids is 1. The molecule has 0 aliphatic carbocycles. The predicted octanol–water partition coefficient (Wildman–Crippen LogP) is 13.5. The second-order valence-electron chi connectivity index (χ2n) is 17.2. The van der Waals surface area contributed by atoms with Crippen molar-refractivity contribution in [2.24, 2.45) is 0 Å². The highest BCUT2D eigenvalue weighted by atomic mass is 31.2. The summed E-state index contributed by atoms with van der Waals surface area (Å²) in [7, 11) is 1.34. The van der Waals surface area contributed by atoms with E-state index in [4.69, 9.17) is 18.5 Å². The molecule has 0 heterocycles. The van der Waals surface area contributed by atoms with E-state index in [2.05, 4.69) is 13.8 Å². The maximum absolute atomic E-state index is 12.7. The van der Waals surface area contributed by atoms with Crippen LogP contribution in [0.2, 0.25) is 0 Å². The Labute approximate surface area is 341 Å². The molecule has 0 aromatic rings. The van der Waals surface area contributed by atoms with Crippen LogP contribution in [-0.4, -0.2) is 64.1 Å². The molecule has 1 unspecified atom stereocenters. The van der Waals surface area contributed by atoms with E-state index < -0.39 is 13.9 Å². The number of phosphoric ester groups is 1. The van der Waals surface area contributed by atoms with Gasteiger partial charge >= 0.3 is 5.97 Å². The summed E-state index contributed by atoms with van der Waals surface area (Å²) in [5.41, 5.74) is 0. The van der Waals surface area contributed by atoms with Crippen LogP contribution in [0.3, 0.4) is 0 Å². The molecule has 0 aromatic carbocycles. The van der Waals surface area contributed by atoms with Crippen molar-refractivity contribution < 1.29 is 37.3 Å². The molecule has 9 heteroatoms. The monoisotopic (exact) mass is 802 g/mol. The SMILES string of the molecule is CCCCCCCCCCCCCCCC/C=C\OC[C@H](COP(=O)([O-])OCC[N+](C)(C)C)OC(=O)CCCCCCCCCCCCCCCCCCC. The van der Waals surface area contributed by atoms with Crippen LogP contribution in [0.5, 0.6) is 0 Å². The van der Waals surface area contributed by atoms with Crippen LogP contribution in [0, 0.1) is 0 Å². The van der Waals surface area contributed by atoms with Gasteiger partial charge in [-0.15, -0.1) is 0 Å². The fraction of sp³-hybridized carbons (Fsp3) is 0.935. The Hall–Kier alpha value is -0.920. The number of carbonyl (C=O) groups is 1. The molecular formula is C46H92NO7P. The van der Waals surface area contributed by atoms with Crippen LogP contribution in [0.15, 0.2) is 12.3 Å². The Morgan fingerprint density at radius 3 is 1.35 bits per heavy atom. The third-order valence-corrected chi connectivity index (χ3v) is 11.4. The molecule has 0 fully saturated rings. The second-order valence-corrected chi connectivity index (χ2v) is 18.6. The van der Waals surface area contributed by atoms with Crippen molar-refractivity contribution in [3.05, 3.63) is 12.3 Å². The van der Waals surface area contributed by atoms with Gasteiger partial charge in [0, 0.05) is 6.42 Å². The normalized spacial score (nSPS) is 13.7. The third-order valence-electron chi connectivity index (χ3n) is 10.4. The number of unbranched alkanes of at least 4 members (excludes halogenated alkanes) is 30. The van der Waals surface area contributed by atoms with Crippen molar-refractivity contribution in [2.75, 3.05) is 47.5 Å². The van der Waals surface area contributed by atoms with E-state index in [0.717, 1.165) is 32.1 Å². The Balaban J connectivity index is 4.21. The van der Waals surface area contributed by atoms with Crippen LogP contribution in [0.25, 0.3) is 0 Å². The zero-order valence-electron chi connectivity index (χ0n) is 37.1. The summed E-state index contributed by atoms with van der Waals surface area (Å²) >= 11 is 0. The molecule has 55 heavy (non-hydrogen) atoms. The van der Waals surface area contributed by atoms with Crippen molar-refractivity contribution in [3.8, 4) is 0 Å². The van der Waals surface area contributed by atoms with Crippen molar-refractivity contribution in [1.29, 1.82) is 0 Å². The number of ether oxygens (including phenoxy) is 2. The van der Waals surface area contributed by atoms with Gasteiger partial charge in [-0.25, -0.2) is 0 Å². The van der Waals surface area contributed by atoms with Crippen molar-refractivity contribution in [3.63, 3.8) is 0 Å². The lowest BCUT2D eigenvalue weighted by molar-refractivity contribution is -0.870. The van der Waals surface area contributed by atoms with Gasteiger partial charge in [0.05, 0.1) is 34.0 Å². The molecule has 0 N–H and O–H groups in total. The van der Waals surface area contributed by atoms with Gasteiger partial charge in [-0.05, 0) is 25.3 Å². The molecule has 0 saturated heterocycles. The first kappa shape index (κ1) is 54.1. The third kappa shape index (κ3) is 44.0. The van der Waals surface area contributed by atoms with E-state index in [1.54, 1.807) is 6.26 Å². The minimum Gasteiger partial charge on any atom is -0.756 e. The molecule has 0 spiro atoms. The zero-order chi connectivity index (χ0) is 40.6. The first-order valence-electron chi connectivity index (χ1n) is 23.5. The van der Waals surface area contributed by atoms with Crippen molar-refractivity contribution >= 4 is 13.8 Å². The zero-order valence-corrected chi connectivity index (χ0v) is 38.0. The molecule has 0 radical (unpaired) electrons. The molecule has 328 valence electrons. The average molecular weight is 802 g/mol. The number of hydrogen-bond donors (Lipinski definition) is 0. The molecule has 0 rings (SSSR count). The lowest BCUT2D eigenvalue weighted by Crippen LogP contribution is -2.37. The maximum atomic E-state index is 12.7. The highest BCUT2D eigenvalue weighted by molar-refractivity contribution is 7.45. The van der Waals surface area contributed by atoms with Gasteiger partial charge in [0.1, 0.15) is 19.8 Å². The minimum absolute atomic E-state index is 0.0204. The van der Waals surface area contributed by atoms with Crippen LogP contribution >= 0.6 is 7.82 Å². The smallest absolute Gasteiger partial charge is 0.306 e. The van der Waals surface area contributed by atoms with Crippen molar-refractivity contribution in [1.82, 2.24) is 0 Å². The van der Waals surface area contributed by atoms with Gasteiger partial charge < -0.3 is 27.9 Å². The number of hydrogen-bond acceptors (Lipinski definition) is 7. The summed E-state index contributed by atoms with van der Waals surface area (Å²) in [5, 5.41) is 0. The summed E-state index contributed by atoms with van der Waals surface area (Å²) < 4.78 is 34.4. The van der Waals surface area contributed by atoms with E-state index in [9.17, 15) is 14.3 Å². The van der Waals surface area contributed by atoms with Gasteiger partial charge in [0.15, 0.2) is 6.10 Å². The summed E-state index contributed by atoms with van der Waals surface area (Å²) in [6.07, 6.45) is 44.6. The molecule has 8 nitrogen and oxygen atoms in total. The van der Waals surface area contributed by atoms with E-state index in [0.29, 0.717) is 17.4 Å². The van der Waals surface area contributed by atoms with Crippen LogP contribution in [0.4, 0.5) is 0 Å². The molecule has 0 aliphatic heterocycles. The summed E-state index contributed by atoms with van der Waals surface area (Å²) in [6, 6.07) is 0. The van der Waals surface area contributed by atoms with E-state index in [1.165, 1.54) is 173 Å². The predicted molar refractivity (Wildman–Crippen MR) is 231 cm³/mol. The van der Waals surface area contributed by atoms with Crippen LogP contribution < -0.4 is 4.89 Å². The second kappa shape index (κ2) is 39.9. The van der Waals surface area contributed by atoms with Crippen LogP contribution in [-0.2, 0) is 27.9 Å². The van der Waals surface area contributed by atoms with Gasteiger partial charge in [0.2, 0.25) is 0 Å². The quantitative estimate of drug-likeness (QED) is 0.0199. The number of rotatable bonds is 44. The van der Waals surface area contributed by atoms with E-state index in [1.807, 2.05) is 27.2 Å². The molecule has 0 aromatic heterocycles. The van der Waals surface area contributed by atoms with Gasteiger partial charge in [-0.2, -0.15) is 0 Å². The Bertz CT molecular complexity index is 894. The summed E-state index contributed by atoms with van der Waals surface area (Å²) in [6.45, 7) is 4.78. The molecule has 0 saturated carbocycles. The number of allylic oxidation sites excluding steroid dienone is 1. The highest BCUT2D eigenvalue weighted by Gasteiger charge is 2.20. The Kier molecular flexibility index (Phi) is 39.2. The highest BCUT2D eigenvalue weighted by Crippen LogP contribution is 2.38. The van der Waals surface area contributed by atoms with E-state index >= 15 is 0 Å². The molecule has 0 bridgehead atoms. The van der Waals surface area contributed by atoms with Crippen LogP contribution in [0.1, 0.15) is 226 Å². The minimum atomic E-state index is -4.54. The largest absolute Gasteiger partial charge is 0.756 e. The molecule has 0 amide bonds. The fourth-order valence-corrected chi connectivity index (χ4v) is 7.48. The Morgan fingerprint density at radius 2 is 0.945 bits per heavy atom. The summed E-state index contributed by atoms with van der Waals surface area (Å²) in [4.78, 5) is 25.1. The average Bonchev–Trinajstić information content (AvgIpc) is 3.13. The van der Waals surface area contributed by atoms with Crippen molar-refractivity contribution in [2.45, 2.75) is 232 Å². The fourth-order valence-electron chi connectivity index (χ4n) is 6.75. The number of phosphoric acid groups is 1. The number of quaternary nitrogens is 1. The standard InChI is InChI=1S/C46H92NO7P/c1-6-8-10-12-14-16-18-20-22-24-25-27-29-31-33-35-37-39-46(48)54-45(44-53-55(49,50)52-42-40-47(3,4)5)43-51-41-38-36-34-32-30-28-26-23-21-19-17-15-13-11-9-7-2/h38,41,45H,6-37,39-40,42-44H2,1-5H3/b41-38-/t45-/m1/s1. The number of likely N-dealkylation sites (N-methyl/N-ethyl adjacent to an activating group) is 1.